The number of carbonyl (C=O) groups is 1. The number of halogens is 1. The van der Waals surface area contributed by atoms with Crippen molar-refractivity contribution in [3.05, 3.63) is 33.6 Å². The van der Waals surface area contributed by atoms with E-state index in [2.05, 4.69) is 0 Å². The van der Waals surface area contributed by atoms with Crippen molar-refractivity contribution in [1.82, 2.24) is 0 Å². The molecule has 7 heteroatoms. The Morgan fingerprint density at radius 2 is 2.11 bits per heavy atom. The van der Waals surface area contributed by atoms with Gasteiger partial charge in [0.2, 0.25) is 0 Å². The molecule has 19 heavy (non-hydrogen) atoms. The number of hydrogen-bond acceptors (Lipinski definition) is 4. The Labute approximate surface area is 109 Å². The van der Waals surface area contributed by atoms with E-state index < -0.39 is 28.0 Å². The predicted octanol–water partition coefficient (Wildman–Crippen LogP) is 2.67. The monoisotopic (exact) mass is 270 g/mol. The largest absolute Gasteiger partial charge is 0.478 e. The standard InChI is InChI=1S/C12H15FN2O4/c1-4-14(7(2)3)10-6-9(13)8(12(16)17)5-11(10)15(18)19/h5-7H,4H2,1-3H3,(H,16,17). The minimum Gasteiger partial charge on any atom is -0.478 e. The molecule has 1 rings (SSSR count). The second kappa shape index (κ2) is 5.64. The molecule has 0 spiro atoms. The number of benzene rings is 1. The van der Waals surface area contributed by atoms with Crippen LogP contribution in [-0.4, -0.2) is 28.6 Å². The van der Waals surface area contributed by atoms with Crippen LogP contribution >= 0.6 is 0 Å². The molecule has 0 radical (unpaired) electrons. The van der Waals surface area contributed by atoms with Gasteiger partial charge >= 0.3 is 5.97 Å². The molecule has 1 N–H and O–H groups in total. The minimum absolute atomic E-state index is 0.0706. The molecule has 6 nitrogen and oxygen atoms in total. The van der Waals surface area contributed by atoms with Gasteiger partial charge in [0.25, 0.3) is 5.69 Å². The van der Waals surface area contributed by atoms with E-state index in [1.54, 1.807) is 11.8 Å². The molecule has 0 aliphatic rings. The smallest absolute Gasteiger partial charge is 0.338 e. The van der Waals surface area contributed by atoms with Gasteiger partial charge in [0.15, 0.2) is 0 Å². The number of hydrogen-bond donors (Lipinski definition) is 1. The summed E-state index contributed by atoms with van der Waals surface area (Å²) in [4.78, 5) is 22.7. The SMILES string of the molecule is CCN(c1cc(F)c(C(=O)O)cc1[N+](=O)[O-])C(C)C. The highest BCUT2D eigenvalue weighted by Gasteiger charge is 2.25. The van der Waals surface area contributed by atoms with Crippen molar-refractivity contribution in [2.75, 3.05) is 11.4 Å². The Bertz CT molecular complexity index is 517. The summed E-state index contributed by atoms with van der Waals surface area (Å²) >= 11 is 0. The van der Waals surface area contributed by atoms with Gasteiger partial charge in [-0.05, 0) is 20.8 Å². The molecule has 0 saturated heterocycles. The molecule has 0 atom stereocenters. The average Bonchev–Trinajstić information content (AvgIpc) is 2.28. The van der Waals surface area contributed by atoms with Gasteiger partial charge < -0.3 is 10.0 Å². The lowest BCUT2D eigenvalue weighted by Gasteiger charge is -2.27. The van der Waals surface area contributed by atoms with Crippen LogP contribution in [0.2, 0.25) is 0 Å². The third-order valence-corrected chi connectivity index (χ3v) is 2.76. The third kappa shape index (κ3) is 2.98. The molecule has 0 amide bonds. The predicted molar refractivity (Wildman–Crippen MR) is 68.2 cm³/mol. The van der Waals surface area contributed by atoms with E-state index in [4.69, 9.17) is 5.11 Å². The molecule has 0 heterocycles. The molecule has 0 aliphatic heterocycles. The molecule has 104 valence electrons. The van der Waals surface area contributed by atoms with Crippen LogP contribution in [0.3, 0.4) is 0 Å². The number of nitrogens with zero attached hydrogens (tertiary/aromatic N) is 2. The van der Waals surface area contributed by atoms with Crippen LogP contribution in [0.25, 0.3) is 0 Å². The van der Waals surface area contributed by atoms with Crippen molar-refractivity contribution in [1.29, 1.82) is 0 Å². The molecule has 0 bridgehead atoms. The van der Waals surface area contributed by atoms with Gasteiger partial charge in [-0.3, -0.25) is 10.1 Å². The molecular formula is C12H15FN2O4. The highest BCUT2D eigenvalue weighted by molar-refractivity contribution is 5.90. The lowest BCUT2D eigenvalue weighted by molar-refractivity contribution is -0.384. The second-order valence-corrected chi connectivity index (χ2v) is 4.26. The van der Waals surface area contributed by atoms with Crippen LogP contribution in [-0.2, 0) is 0 Å². The number of nitro benzene ring substituents is 1. The summed E-state index contributed by atoms with van der Waals surface area (Å²) < 4.78 is 13.7. The average molecular weight is 270 g/mol. The van der Waals surface area contributed by atoms with Crippen LogP contribution in [0.5, 0.6) is 0 Å². The number of aromatic carboxylic acids is 1. The molecule has 0 aliphatic carbocycles. The number of nitro groups is 1. The van der Waals surface area contributed by atoms with E-state index in [0.717, 1.165) is 12.1 Å². The molecule has 0 aromatic heterocycles. The summed E-state index contributed by atoms with van der Waals surface area (Å²) in [5, 5.41) is 19.8. The fraction of sp³-hybridized carbons (Fsp3) is 0.417. The maximum Gasteiger partial charge on any atom is 0.338 e. The Morgan fingerprint density at radius 3 is 2.47 bits per heavy atom. The second-order valence-electron chi connectivity index (χ2n) is 4.26. The van der Waals surface area contributed by atoms with Crippen LogP contribution in [0.15, 0.2) is 12.1 Å². The highest BCUT2D eigenvalue weighted by atomic mass is 19.1. The maximum absolute atomic E-state index is 13.7. The first-order valence-corrected chi connectivity index (χ1v) is 5.77. The minimum atomic E-state index is -1.53. The van der Waals surface area contributed by atoms with Crippen LogP contribution in [0.1, 0.15) is 31.1 Å². The zero-order chi connectivity index (χ0) is 14.7. The van der Waals surface area contributed by atoms with Crippen molar-refractivity contribution in [2.45, 2.75) is 26.8 Å². The summed E-state index contributed by atoms with van der Waals surface area (Å²) in [7, 11) is 0. The summed E-state index contributed by atoms with van der Waals surface area (Å²) in [5.74, 6) is -2.51. The van der Waals surface area contributed by atoms with Gasteiger partial charge in [-0.25, -0.2) is 9.18 Å². The summed E-state index contributed by atoms with van der Waals surface area (Å²) in [6, 6.07) is 1.60. The first-order chi connectivity index (χ1) is 8.79. The van der Waals surface area contributed by atoms with Crippen molar-refractivity contribution in [3.63, 3.8) is 0 Å². The zero-order valence-electron chi connectivity index (χ0n) is 10.9. The van der Waals surface area contributed by atoms with Crippen LogP contribution < -0.4 is 4.90 Å². The fourth-order valence-corrected chi connectivity index (χ4v) is 1.91. The lowest BCUT2D eigenvalue weighted by atomic mass is 10.1. The van der Waals surface area contributed by atoms with E-state index in [9.17, 15) is 19.3 Å². The summed E-state index contributed by atoms with van der Waals surface area (Å²) in [6.07, 6.45) is 0. The summed E-state index contributed by atoms with van der Waals surface area (Å²) in [6.45, 7) is 5.86. The van der Waals surface area contributed by atoms with E-state index in [-0.39, 0.29) is 11.7 Å². The highest BCUT2D eigenvalue weighted by Crippen LogP contribution is 2.32. The van der Waals surface area contributed by atoms with Gasteiger partial charge in [0, 0.05) is 24.7 Å². The number of anilines is 1. The van der Waals surface area contributed by atoms with Crippen molar-refractivity contribution < 1.29 is 19.2 Å². The van der Waals surface area contributed by atoms with E-state index >= 15 is 0 Å². The first-order valence-electron chi connectivity index (χ1n) is 5.77. The van der Waals surface area contributed by atoms with Crippen LogP contribution in [0.4, 0.5) is 15.8 Å². The van der Waals surface area contributed by atoms with Gasteiger partial charge in [-0.15, -0.1) is 0 Å². The molecule has 1 aromatic carbocycles. The fourth-order valence-electron chi connectivity index (χ4n) is 1.91. The van der Waals surface area contributed by atoms with Crippen molar-refractivity contribution >= 4 is 17.3 Å². The normalized spacial score (nSPS) is 10.6. The van der Waals surface area contributed by atoms with Crippen molar-refractivity contribution in [2.24, 2.45) is 0 Å². The Hall–Kier alpha value is -2.18. The molecule has 0 fully saturated rings. The Balaban J connectivity index is 3.51. The lowest BCUT2D eigenvalue weighted by Crippen LogP contribution is -2.31. The van der Waals surface area contributed by atoms with E-state index in [1.165, 1.54) is 0 Å². The number of carboxylic acids is 1. The topological polar surface area (TPSA) is 83.7 Å². The quantitative estimate of drug-likeness (QED) is 0.656. The van der Waals surface area contributed by atoms with E-state index in [0.29, 0.717) is 6.54 Å². The van der Waals surface area contributed by atoms with Gasteiger partial charge in [0.1, 0.15) is 17.1 Å². The third-order valence-electron chi connectivity index (χ3n) is 2.76. The van der Waals surface area contributed by atoms with Gasteiger partial charge in [-0.1, -0.05) is 0 Å². The van der Waals surface area contributed by atoms with Crippen molar-refractivity contribution in [3.8, 4) is 0 Å². The molecule has 1 aromatic rings. The van der Waals surface area contributed by atoms with Crippen LogP contribution in [0, 0.1) is 15.9 Å². The first kappa shape index (κ1) is 14.9. The number of rotatable bonds is 5. The van der Waals surface area contributed by atoms with Gasteiger partial charge in [-0.2, -0.15) is 0 Å². The van der Waals surface area contributed by atoms with Gasteiger partial charge in [0.05, 0.1) is 4.92 Å². The Kier molecular flexibility index (Phi) is 4.42. The number of carboxylic acid groups (broad SMARTS) is 1. The zero-order valence-corrected chi connectivity index (χ0v) is 10.9. The summed E-state index contributed by atoms with van der Waals surface area (Å²) in [5.41, 5.74) is -1.02. The molecular weight excluding hydrogens is 255 g/mol. The Morgan fingerprint density at radius 1 is 1.53 bits per heavy atom. The van der Waals surface area contributed by atoms with E-state index in [1.807, 2.05) is 13.8 Å². The molecule has 0 unspecified atom stereocenters. The molecule has 0 saturated carbocycles. The maximum atomic E-state index is 13.7.